The molecule has 0 atom stereocenters. The number of halogens is 4. The Kier molecular flexibility index (Phi) is 4.92. The van der Waals surface area contributed by atoms with Gasteiger partial charge in [0.1, 0.15) is 18.2 Å². The van der Waals surface area contributed by atoms with E-state index in [0.29, 0.717) is 22.2 Å². The van der Waals surface area contributed by atoms with Gasteiger partial charge in [0.05, 0.1) is 10.9 Å². The van der Waals surface area contributed by atoms with Crippen molar-refractivity contribution in [3.8, 4) is 5.75 Å². The maximum atomic E-state index is 13.3. The largest absolute Gasteiger partial charge is 0.489 e. The van der Waals surface area contributed by atoms with Crippen LogP contribution in [0.1, 0.15) is 11.1 Å². The van der Waals surface area contributed by atoms with Crippen molar-refractivity contribution in [1.29, 1.82) is 0 Å². The minimum absolute atomic E-state index is 0.0942. The van der Waals surface area contributed by atoms with E-state index < -0.39 is 5.82 Å². The summed E-state index contributed by atoms with van der Waals surface area (Å²) in [5.74, 6) is 0.469. The van der Waals surface area contributed by atoms with Crippen molar-refractivity contribution in [1.82, 2.24) is 0 Å². The molecule has 0 aliphatic carbocycles. The molecule has 0 bridgehead atoms. The van der Waals surface area contributed by atoms with Crippen LogP contribution in [0.2, 0.25) is 10.0 Å². The van der Waals surface area contributed by atoms with Crippen LogP contribution in [0.4, 0.5) is 4.39 Å². The number of benzene rings is 2. The van der Waals surface area contributed by atoms with Crippen LogP contribution >= 0.6 is 34.8 Å². The summed E-state index contributed by atoms with van der Waals surface area (Å²) in [5.41, 5.74) is 1.49. The molecule has 0 aliphatic rings. The Labute approximate surface area is 125 Å². The first kappa shape index (κ1) is 14.4. The van der Waals surface area contributed by atoms with Crippen LogP contribution in [0.25, 0.3) is 0 Å². The highest BCUT2D eigenvalue weighted by Gasteiger charge is 2.06. The molecule has 0 aliphatic heterocycles. The molecule has 0 saturated carbocycles. The van der Waals surface area contributed by atoms with Gasteiger partial charge in [0.25, 0.3) is 0 Å². The smallest absolute Gasteiger partial charge is 0.142 e. The third-order valence-corrected chi connectivity index (χ3v) is 3.37. The molecule has 0 saturated heterocycles. The van der Waals surface area contributed by atoms with Crippen molar-refractivity contribution >= 4 is 34.8 Å². The Bertz CT molecular complexity index is 587. The normalized spacial score (nSPS) is 10.5. The summed E-state index contributed by atoms with van der Waals surface area (Å²) in [4.78, 5) is 0. The van der Waals surface area contributed by atoms with Crippen molar-refractivity contribution in [2.24, 2.45) is 0 Å². The number of hydrogen-bond acceptors (Lipinski definition) is 1. The van der Waals surface area contributed by atoms with E-state index in [2.05, 4.69) is 0 Å². The number of hydrogen-bond donors (Lipinski definition) is 0. The summed E-state index contributed by atoms with van der Waals surface area (Å²) in [5, 5.41) is 0.692. The van der Waals surface area contributed by atoms with Gasteiger partial charge in [-0.05, 0) is 35.9 Å². The minimum Gasteiger partial charge on any atom is -0.489 e. The lowest BCUT2D eigenvalue weighted by molar-refractivity contribution is 0.303. The average molecular weight is 320 g/mol. The molecule has 0 fully saturated rings. The maximum absolute atomic E-state index is 13.3. The predicted octanol–water partition coefficient (Wildman–Crippen LogP) is 5.45. The molecule has 2 aromatic rings. The Balaban J connectivity index is 2.12. The summed E-state index contributed by atoms with van der Waals surface area (Å²) >= 11 is 17.3. The molecule has 1 nitrogen and oxygen atoms in total. The van der Waals surface area contributed by atoms with Gasteiger partial charge in [-0.15, -0.1) is 11.6 Å². The highest BCUT2D eigenvalue weighted by atomic mass is 35.5. The minimum atomic E-state index is -0.462. The Morgan fingerprint density at radius 3 is 2.53 bits per heavy atom. The van der Waals surface area contributed by atoms with E-state index in [-0.39, 0.29) is 11.6 Å². The van der Waals surface area contributed by atoms with E-state index in [4.69, 9.17) is 39.5 Å². The van der Waals surface area contributed by atoms with Crippen molar-refractivity contribution in [2.45, 2.75) is 12.5 Å². The quantitative estimate of drug-likeness (QED) is 0.681. The van der Waals surface area contributed by atoms with E-state index in [9.17, 15) is 4.39 Å². The molecule has 19 heavy (non-hydrogen) atoms. The van der Waals surface area contributed by atoms with E-state index in [1.54, 1.807) is 24.3 Å². The van der Waals surface area contributed by atoms with Crippen LogP contribution in [-0.4, -0.2) is 0 Å². The third-order valence-electron chi connectivity index (χ3n) is 2.54. The van der Waals surface area contributed by atoms with Crippen LogP contribution in [0.15, 0.2) is 36.4 Å². The van der Waals surface area contributed by atoms with Crippen LogP contribution in [0, 0.1) is 5.82 Å². The van der Waals surface area contributed by atoms with Crippen molar-refractivity contribution in [2.75, 3.05) is 0 Å². The topological polar surface area (TPSA) is 9.23 Å². The van der Waals surface area contributed by atoms with Crippen LogP contribution in [0.3, 0.4) is 0 Å². The second-order valence-corrected chi connectivity index (χ2v) is 5.03. The Hall–Kier alpha value is -0.960. The van der Waals surface area contributed by atoms with Crippen molar-refractivity contribution < 1.29 is 9.13 Å². The molecule has 0 radical (unpaired) electrons. The van der Waals surface area contributed by atoms with Gasteiger partial charge in [0.15, 0.2) is 0 Å². The lowest BCUT2D eigenvalue weighted by atomic mass is 10.2. The highest BCUT2D eigenvalue weighted by Crippen LogP contribution is 2.25. The molecule has 2 rings (SSSR count). The van der Waals surface area contributed by atoms with E-state index >= 15 is 0 Å². The first-order chi connectivity index (χ1) is 9.10. The zero-order valence-corrected chi connectivity index (χ0v) is 12.1. The molecule has 2 aromatic carbocycles. The highest BCUT2D eigenvalue weighted by molar-refractivity contribution is 6.31. The van der Waals surface area contributed by atoms with Gasteiger partial charge in [-0.25, -0.2) is 4.39 Å². The van der Waals surface area contributed by atoms with Crippen LogP contribution in [-0.2, 0) is 12.5 Å². The van der Waals surface area contributed by atoms with Gasteiger partial charge in [-0.1, -0.05) is 29.3 Å². The van der Waals surface area contributed by atoms with E-state index in [1.807, 2.05) is 0 Å². The number of rotatable bonds is 4. The summed E-state index contributed by atoms with van der Waals surface area (Å²) < 4.78 is 18.9. The fourth-order valence-corrected chi connectivity index (χ4v) is 2.10. The lowest BCUT2D eigenvalue weighted by Crippen LogP contribution is -1.98. The van der Waals surface area contributed by atoms with Gasteiger partial charge < -0.3 is 4.74 Å². The van der Waals surface area contributed by atoms with Crippen molar-refractivity contribution in [3.63, 3.8) is 0 Å². The lowest BCUT2D eigenvalue weighted by Gasteiger charge is -2.10. The van der Waals surface area contributed by atoms with E-state index in [0.717, 1.165) is 5.56 Å². The average Bonchev–Trinajstić information content (AvgIpc) is 2.41. The molecule has 0 spiro atoms. The Morgan fingerprint density at radius 2 is 1.84 bits per heavy atom. The fourth-order valence-electron chi connectivity index (χ4n) is 1.58. The molecule has 0 aromatic heterocycles. The van der Waals surface area contributed by atoms with Gasteiger partial charge >= 0.3 is 0 Å². The SMILES string of the molecule is Fc1cc(COc2ccc(Cl)cc2CCl)ccc1Cl. The molecule has 0 heterocycles. The van der Waals surface area contributed by atoms with Gasteiger partial charge in [0, 0.05) is 10.6 Å². The first-order valence-electron chi connectivity index (χ1n) is 5.51. The first-order valence-corrected chi connectivity index (χ1v) is 6.80. The second kappa shape index (κ2) is 6.47. The standard InChI is InChI=1S/C14H10Cl3FO/c15-7-10-6-11(16)2-4-14(10)19-8-9-1-3-12(17)13(18)5-9/h1-6H,7-8H2. The molecule has 0 amide bonds. The summed E-state index contributed by atoms with van der Waals surface area (Å²) in [6, 6.07) is 9.76. The van der Waals surface area contributed by atoms with E-state index in [1.165, 1.54) is 12.1 Å². The maximum Gasteiger partial charge on any atom is 0.142 e. The van der Waals surface area contributed by atoms with Crippen LogP contribution < -0.4 is 4.74 Å². The molecule has 0 N–H and O–H groups in total. The number of ether oxygens (including phenoxy) is 1. The monoisotopic (exact) mass is 318 g/mol. The molecular weight excluding hydrogens is 310 g/mol. The molecular formula is C14H10Cl3FO. The molecule has 100 valence electrons. The third kappa shape index (κ3) is 3.75. The fraction of sp³-hybridized carbons (Fsp3) is 0.143. The number of alkyl halides is 1. The second-order valence-electron chi connectivity index (χ2n) is 3.92. The molecule has 0 unspecified atom stereocenters. The zero-order valence-electron chi connectivity index (χ0n) is 9.80. The van der Waals surface area contributed by atoms with Gasteiger partial charge in [-0.2, -0.15) is 0 Å². The van der Waals surface area contributed by atoms with Crippen LogP contribution in [0.5, 0.6) is 5.75 Å². The molecule has 5 heteroatoms. The Morgan fingerprint density at radius 1 is 1.05 bits per heavy atom. The predicted molar refractivity (Wildman–Crippen MR) is 76.8 cm³/mol. The van der Waals surface area contributed by atoms with Crippen molar-refractivity contribution in [3.05, 3.63) is 63.4 Å². The summed E-state index contributed by atoms with van der Waals surface area (Å²) in [6.07, 6.45) is 0. The zero-order chi connectivity index (χ0) is 13.8. The summed E-state index contributed by atoms with van der Waals surface area (Å²) in [6.45, 7) is 0.236. The van der Waals surface area contributed by atoms with Gasteiger partial charge in [0.2, 0.25) is 0 Å². The summed E-state index contributed by atoms with van der Waals surface area (Å²) in [7, 11) is 0. The van der Waals surface area contributed by atoms with Gasteiger partial charge in [-0.3, -0.25) is 0 Å².